The van der Waals surface area contributed by atoms with Crippen molar-refractivity contribution in [2.24, 2.45) is 0 Å². The van der Waals surface area contributed by atoms with Gasteiger partial charge in [-0.2, -0.15) is 0 Å². The Morgan fingerprint density at radius 1 is 1.29 bits per heavy atom. The topological polar surface area (TPSA) is 64.5 Å². The van der Waals surface area contributed by atoms with Crippen molar-refractivity contribution in [2.75, 3.05) is 19.7 Å². The summed E-state index contributed by atoms with van der Waals surface area (Å²) in [5, 5.41) is 0. The van der Waals surface area contributed by atoms with Crippen molar-refractivity contribution in [3.05, 3.63) is 48.4 Å². The molecule has 6 nitrogen and oxygen atoms in total. The minimum Gasteiger partial charge on any atom is -0.494 e. The Bertz CT molecular complexity index is 661. The first-order valence-corrected chi connectivity index (χ1v) is 8.17. The summed E-state index contributed by atoms with van der Waals surface area (Å²) >= 11 is 0. The highest BCUT2D eigenvalue weighted by molar-refractivity contribution is 5.79. The van der Waals surface area contributed by atoms with Crippen molar-refractivity contribution in [1.82, 2.24) is 14.9 Å². The lowest BCUT2D eigenvalue weighted by Crippen LogP contribution is -2.32. The molecule has 0 N–H and O–H groups in total. The molecule has 1 atom stereocenters. The van der Waals surface area contributed by atoms with Crippen LogP contribution in [0.5, 0.6) is 11.6 Å². The molecule has 1 amide bonds. The van der Waals surface area contributed by atoms with Gasteiger partial charge < -0.3 is 14.4 Å². The molecule has 6 heteroatoms. The van der Waals surface area contributed by atoms with Gasteiger partial charge in [-0.25, -0.2) is 4.98 Å². The molecule has 126 valence electrons. The quantitative estimate of drug-likeness (QED) is 0.813. The minimum atomic E-state index is -0.0222. The van der Waals surface area contributed by atoms with E-state index in [1.807, 2.05) is 36.1 Å². The fraction of sp³-hybridized carbons (Fsp3) is 0.389. The third-order valence-electron chi connectivity index (χ3n) is 3.91. The molecule has 1 fully saturated rings. The van der Waals surface area contributed by atoms with Crippen LogP contribution in [0.25, 0.3) is 0 Å². The van der Waals surface area contributed by atoms with Crippen molar-refractivity contribution in [1.29, 1.82) is 0 Å². The summed E-state index contributed by atoms with van der Waals surface area (Å²) in [7, 11) is 0. The van der Waals surface area contributed by atoms with Crippen LogP contribution in [0.1, 0.15) is 18.9 Å². The molecule has 3 rings (SSSR count). The molecular weight excluding hydrogens is 306 g/mol. The van der Waals surface area contributed by atoms with Crippen molar-refractivity contribution >= 4 is 5.91 Å². The van der Waals surface area contributed by atoms with E-state index in [0.29, 0.717) is 32.0 Å². The monoisotopic (exact) mass is 327 g/mol. The SMILES string of the molecule is CCOc1ccc(CC(=O)N2CCC(Oc3cnccn3)C2)cc1. The fourth-order valence-electron chi connectivity index (χ4n) is 2.72. The van der Waals surface area contributed by atoms with Gasteiger partial charge in [0.1, 0.15) is 11.9 Å². The van der Waals surface area contributed by atoms with Gasteiger partial charge in [0.05, 0.1) is 25.8 Å². The van der Waals surface area contributed by atoms with E-state index in [1.165, 1.54) is 0 Å². The molecule has 2 aromatic rings. The van der Waals surface area contributed by atoms with Crippen LogP contribution in [0.4, 0.5) is 0 Å². The zero-order valence-corrected chi connectivity index (χ0v) is 13.7. The number of rotatable bonds is 6. The van der Waals surface area contributed by atoms with E-state index in [9.17, 15) is 4.79 Å². The Kier molecular flexibility index (Phi) is 5.25. The van der Waals surface area contributed by atoms with Gasteiger partial charge in [-0.15, -0.1) is 0 Å². The number of nitrogens with zero attached hydrogens (tertiary/aromatic N) is 3. The van der Waals surface area contributed by atoms with Crippen LogP contribution in [0.2, 0.25) is 0 Å². The van der Waals surface area contributed by atoms with Crippen molar-refractivity contribution < 1.29 is 14.3 Å². The zero-order valence-electron chi connectivity index (χ0n) is 13.7. The molecule has 1 aromatic heterocycles. The Balaban J connectivity index is 1.51. The lowest BCUT2D eigenvalue weighted by molar-refractivity contribution is -0.129. The van der Waals surface area contributed by atoms with Crippen LogP contribution >= 0.6 is 0 Å². The Labute approximate surface area is 141 Å². The van der Waals surface area contributed by atoms with Crippen molar-refractivity contribution in [3.8, 4) is 11.6 Å². The second-order valence-electron chi connectivity index (χ2n) is 5.67. The number of ether oxygens (including phenoxy) is 2. The smallest absolute Gasteiger partial charge is 0.232 e. The number of likely N-dealkylation sites (tertiary alicyclic amines) is 1. The van der Waals surface area contributed by atoms with Crippen LogP contribution in [0, 0.1) is 0 Å². The first-order chi connectivity index (χ1) is 11.7. The Hall–Kier alpha value is -2.63. The van der Waals surface area contributed by atoms with E-state index in [4.69, 9.17) is 9.47 Å². The molecule has 1 aromatic carbocycles. The second-order valence-corrected chi connectivity index (χ2v) is 5.67. The first-order valence-electron chi connectivity index (χ1n) is 8.17. The Morgan fingerprint density at radius 3 is 2.83 bits per heavy atom. The standard InChI is InChI=1S/C18H21N3O3/c1-2-23-15-5-3-14(4-6-15)11-18(22)21-10-7-16(13-21)24-17-12-19-8-9-20-17/h3-6,8-9,12,16H,2,7,10-11,13H2,1H3. The predicted octanol–water partition coefficient (Wildman–Crippen LogP) is 2.10. The summed E-state index contributed by atoms with van der Waals surface area (Å²) in [6, 6.07) is 7.67. The van der Waals surface area contributed by atoms with Crippen LogP contribution in [0.15, 0.2) is 42.9 Å². The summed E-state index contributed by atoms with van der Waals surface area (Å²) in [6.07, 6.45) is 5.97. The van der Waals surface area contributed by atoms with Gasteiger partial charge >= 0.3 is 0 Å². The maximum absolute atomic E-state index is 12.4. The number of hydrogen-bond donors (Lipinski definition) is 0. The highest BCUT2D eigenvalue weighted by Crippen LogP contribution is 2.18. The molecule has 0 spiro atoms. The first kappa shape index (κ1) is 16.2. The van der Waals surface area contributed by atoms with Gasteiger partial charge in [0, 0.05) is 25.4 Å². The molecule has 1 aliphatic heterocycles. The van der Waals surface area contributed by atoms with Gasteiger partial charge in [0.2, 0.25) is 11.8 Å². The lowest BCUT2D eigenvalue weighted by atomic mass is 10.1. The van der Waals surface area contributed by atoms with Gasteiger partial charge in [0.15, 0.2) is 0 Å². The summed E-state index contributed by atoms with van der Waals surface area (Å²) in [4.78, 5) is 22.4. The summed E-state index contributed by atoms with van der Waals surface area (Å²) in [5.74, 6) is 1.44. The van der Waals surface area contributed by atoms with Crippen LogP contribution in [-0.4, -0.2) is 46.6 Å². The zero-order chi connectivity index (χ0) is 16.8. The molecule has 1 saturated heterocycles. The van der Waals surface area contributed by atoms with Gasteiger partial charge in [0.25, 0.3) is 0 Å². The van der Waals surface area contributed by atoms with Gasteiger partial charge in [-0.3, -0.25) is 9.78 Å². The minimum absolute atomic E-state index is 0.0222. The number of carbonyl (C=O) groups is 1. The van der Waals surface area contributed by atoms with E-state index >= 15 is 0 Å². The van der Waals surface area contributed by atoms with Gasteiger partial charge in [-0.1, -0.05) is 12.1 Å². The van der Waals surface area contributed by atoms with E-state index in [1.54, 1.807) is 18.6 Å². The molecule has 24 heavy (non-hydrogen) atoms. The van der Waals surface area contributed by atoms with Gasteiger partial charge in [-0.05, 0) is 24.6 Å². The molecule has 1 unspecified atom stereocenters. The molecular formula is C18H21N3O3. The van der Waals surface area contributed by atoms with Crippen LogP contribution < -0.4 is 9.47 Å². The van der Waals surface area contributed by atoms with E-state index < -0.39 is 0 Å². The molecule has 0 aliphatic carbocycles. The average molecular weight is 327 g/mol. The molecule has 0 saturated carbocycles. The third-order valence-corrected chi connectivity index (χ3v) is 3.91. The molecule has 0 bridgehead atoms. The number of aromatic nitrogens is 2. The molecule has 0 radical (unpaired) electrons. The second kappa shape index (κ2) is 7.77. The number of hydrogen-bond acceptors (Lipinski definition) is 5. The number of benzene rings is 1. The fourth-order valence-corrected chi connectivity index (χ4v) is 2.72. The van der Waals surface area contributed by atoms with Crippen molar-refractivity contribution in [3.63, 3.8) is 0 Å². The summed E-state index contributed by atoms with van der Waals surface area (Å²) < 4.78 is 11.2. The van der Waals surface area contributed by atoms with Crippen molar-refractivity contribution in [2.45, 2.75) is 25.9 Å². The molecule has 1 aliphatic rings. The Morgan fingerprint density at radius 2 is 2.12 bits per heavy atom. The maximum Gasteiger partial charge on any atom is 0.232 e. The number of carbonyl (C=O) groups excluding carboxylic acids is 1. The number of amides is 1. The maximum atomic E-state index is 12.4. The lowest BCUT2D eigenvalue weighted by Gasteiger charge is -2.17. The van der Waals surface area contributed by atoms with E-state index in [-0.39, 0.29) is 12.0 Å². The van der Waals surface area contributed by atoms with E-state index in [0.717, 1.165) is 17.7 Å². The van der Waals surface area contributed by atoms with E-state index in [2.05, 4.69) is 9.97 Å². The normalized spacial score (nSPS) is 16.9. The predicted molar refractivity (Wildman–Crippen MR) is 89.0 cm³/mol. The van der Waals surface area contributed by atoms with Crippen LogP contribution in [0.3, 0.4) is 0 Å². The average Bonchev–Trinajstić information content (AvgIpc) is 3.06. The summed E-state index contributed by atoms with van der Waals surface area (Å²) in [6.45, 7) is 3.89. The summed E-state index contributed by atoms with van der Waals surface area (Å²) in [5.41, 5.74) is 0.988. The highest BCUT2D eigenvalue weighted by atomic mass is 16.5. The highest BCUT2D eigenvalue weighted by Gasteiger charge is 2.27. The molecule has 2 heterocycles. The van der Waals surface area contributed by atoms with Crippen LogP contribution in [-0.2, 0) is 11.2 Å². The largest absolute Gasteiger partial charge is 0.494 e. The third kappa shape index (κ3) is 4.22.